The van der Waals surface area contributed by atoms with Gasteiger partial charge in [-0.3, -0.25) is 9.59 Å². The van der Waals surface area contributed by atoms with E-state index in [1.807, 2.05) is 0 Å². The third-order valence-electron chi connectivity index (χ3n) is 5.74. The van der Waals surface area contributed by atoms with E-state index < -0.39 is 34.3 Å². The summed E-state index contributed by atoms with van der Waals surface area (Å²) in [5.74, 6) is -1.78. The summed E-state index contributed by atoms with van der Waals surface area (Å²) in [4.78, 5) is 36.6. The summed E-state index contributed by atoms with van der Waals surface area (Å²) in [7, 11) is 2.59. The SMILES string of the molecule is COC(=O)[C@]12CC[C@@]1(C(=O)OC)[C@@H]1C(C)=CC(=O)O[C@@]12C. The van der Waals surface area contributed by atoms with Gasteiger partial charge in [0.15, 0.2) is 0 Å². The molecule has 6 nitrogen and oxygen atoms in total. The van der Waals surface area contributed by atoms with Gasteiger partial charge in [0.1, 0.15) is 11.0 Å². The first-order chi connectivity index (χ1) is 9.81. The van der Waals surface area contributed by atoms with Gasteiger partial charge in [-0.25, -0.2) is 4.79 Å². The molecule has 3 aliphatic rings. The molecule has 0 spiro atoms. The van der Waals surface area contributed by atoms with Gasteiger partial charge >= 0.3 is 17.9 Å². The number of carbonyl (C=O) groups is 3. The molecule has 6 heteroatoms. The Hall–Kier alpha value is -1.85. The van der Waals surface area contributed by atoms with Crippen molar-refractivity contribution in [2.75, 3.05) is 14.2 Å². The van der Waals surface area contributed by atoms with Crippen LogP contribution in [0.3, 0.4) is 0 Å². The summed E-state index contributed by atoms with van der Waals surface area (Å²) < 4.78 is 15.4. The minimum absolute atomic E-state index is 0.344. The molecule has 4 atom stereocenters. The first-order valence-electron chi connectivity index (χ1n) is 6.90. The standard InChI is InChI=1S/C15H18O6/c1-8-7-9(16)21-13(2)10(8)14(11(17)19-3)5-6-15(13,14)12(18)20-4/h7,10H,5-6H2,1-4H3/t10-,13+,14+,15+/m1/s1. The maximum Gasteiger partial charge on any atom is 0.331 e. The molecule has 2 fully saturated rings. The monoisotopic (exact) mass is 294 g/mol. The fourth-order valence-electron chi connectivity index (χ4n) is 5.08. The molecule has 0 aromatic rings. The molecule has 2 saturated carbocycles. The molecule has 2 aliphatic carbocycles. The molecule has 0 radical (unpaired) electrons. The van der Waals surface area contributed by atoms with Crippen molar-refractivity contribution in [3.63, 3.8) is 0 Å². The number of ether oxygens (including phenoxy) is 3. The molecule has 3 rings (SSSR count). The Bertz CT molecular complexity index is 593. The molecule has 0 saturated heterocycles. The Morgan fingerprint density at radius 2 is 1.86 bits per heavy atom. The molecular weight excluding hydrogens is 276 g/mol. The van der Waals surface area contributed by atoms with Crippen LogP contribution in [-0.4, -0.2) is 37.7 Å². The lowest BCUT2D eigenvalue weighted by Crippen LogP contribution is -2.87. The highest BCUT2D eigenvalue weighted by atomic mass is 16.6. The van der Waals surface area contributed by atoms with Crippen LogP contribution in [0.1, 0.15) is 26.7 Å². The quantitative estimate of drug-likeness (QED) is 0.558. The van der Waals surface area contributed by atoms with Gasteiger partial charge in [0.2, 0.25) is 0 Å². The van der Waals surface area contributed by atoms with Crippen molar-refractivity contribution in [2.45, 2.75) is 32.3 Å². The normalized spacial score (nSPS) is 43.1. The van der Waals surface area contributed by atoms with Gasteiger partial charge in [-0.15, -0.1) is 0 Å². The molecule has 0 unspecified atom stereocenters. The Morgan fingerprint density at radius 1 is 1.24 bits per heavy atom. The Balaban J connectivity index is 2.20. The first-order valence-corrected chi connectivity index (χ1v) is 6.90. The van der Waals surface area contributed by atoms with Gasteiger partial charge in [0.05, 0.1) is 19.6 Å². The zero-order valence-electron chi connectivity index (χ0n) is 12.5. The van der Waals surface area contributed by atoms with Crippen molar-refractivity contribution in [2.24, 2.45) is 16.7 Å². The minimum atomic E-state index is -1.14. The topological polar surface area (TPSA) is 78.9 Å². The van der Waals surface area contributed by atoms with E-state index in [0.717, 1.165) is 5.57 Å². The smallest absolute Gasteiger partial charge is 0.331 e. The summed E-state index contributed by atoms with van der Waals surface area (Å²) >= 11 is 0. The Kier molecular flexibility index (Phi) is 2.60. The predicted octanol–water partition coefficient (Wildman–Crippen LogP) is 0.991. The lowest BCUT2D eigenvalue weighted by Gasteiger charge is -2.76. The zero-order chi connectivity index (χ0) is 15.6. The third kappa shape index (κ3) is 1.15. The molecule has 0 aromatic carbocycles. The van der Waals surface area contributed by atoms with Gasteiger partial charge in [0, 0.05) is 12.0 Å². The molecular formula is C15H18O6. The van der Waals surface area contributed by atoms with Gasteiger partial charge < -0.3 is 14.2 Å². The van der Waals surface area contributed by atoms with Crippen LogP contribution < -0.4 is 0 Å². The van der Waals surface area contributed by atoms with Gasteiger partial charge in [-0.05, 0) is 26.7 Å². The molecule has 0 bridgehead atoms. The fourth-order valence-corrected chi connectivity index (χ4v) is 5.08. The second-order valence-electron chi connectivity index (χ2n) is 6.21. The largest absolute Gasteiger partial charge is 0.469 e. The number of methoxy groups -OCH3 is 2. The third-order valence-corrected chi connectivity index (χ3v) is 5.74. The maximum atomic E-state index is 12.4. The highest BCUT2D eigenvalue weighted by Crippen LogP contribution is 2.81. The summed E-state index contributed by atoms with van der Waals surface area (Å²) in [5.41, 5.74) is -2.43. The van der Waals surface area contributed by atoms with Crippen LogP contribution in [0, 0.1) is 16.7 Å². The molecule has 21 heavy (non-hydrogen) atoms. The van der Waals surface area contributed by atoms with Crippen LogP contribution in [0.25, 0.3) is 0 Å². The Labute approximate surface area is 122 Å². The predicted molar refractivity (Wildman–Crippen MR) is 69.9 cm³/mol. The average molecular weight is 294 g/mol. The molecule has 1 aliphatic heterocycles. The summed E-state index contributed by atoms with van der Waals surface area (Å²) in [6.07, 6.45) is 2.36. The number of carbonyl (C=O) groups excluding carboxylic acids is 3. The highest BCUT2D eigenvalue weighted by molar-refractivity contribution is 5.98. The van der Waals surface area contributed by atoms with Gasteiger partial charge in [-0.2, -0.15) is 0 Å². The number of fused-ring (bicyclic) bond motifs is 4. The second kappa shape index (κ2) is 3.87. The van der Waals surface area contributed by atoms with Crippen molar-refractivity contribution in [1.29, 1.82) is 0 Å². The average Bonchev–Trinajstić information content (AvgIpc) is 2.40. The summed E-state index contributed by atoms with van der Waals surface area (Å²) in [6, 6.07) is 0. The van der Waals surface area contributed by atoms with Crippen LogP contribution in [-0.2, 0) is 28.6 Å². The minimum Gasteiger partial charge on any atom is -0.469 e. The van der Waals surface area contributed by atoms with Crippen molar-refractivity contribution in [3.05, 3.63) is 11.6 Å². The number of esters is 3. The van der Waals surface area contributed by atoms with E-state index in [2.05, 4.69) is 0 Å². The van der Waals surface area contributed by atoms with Crippen LogP contribution in [0.5, 0.6) is 0 Å². The highest BCUT2D eigenvalue weighted by Gasteiger charge is 2.92. The van der Waals surface area contributed by atoms with Crippen LogP contribution >= 0.6 is 0 Å². The van der Waals surface area contributed by atoms with E-state index in [1.54, 1.807) is 13.8 Å². The van der Waals surface area contributed by atoms with E-state index in [4.69, 9.17) is 14.2 Å². The van der Waals surface area contributed by atoms with Crippen molar-refractivity contribution < 1.29 is 28.6 Å². The lowest BCUT2D eigenvalue weighted by atomic mass is 9.25. The number of hydrogen-bond acceptors (Lipinski definition) is 6. The molecule has 1 heterocycles. The van der Waals surface area contributed by atoms with E-state index in [-0.39, 0.29) is 5.92 Å². The molecule has 0 N–H and O–H groups in total. The van der Waals surface area contributed by atoms with Crippen molar-refractivity contribution in [3.8, 4) is 0 Å². The van der Waals surface area contributed by atoms with Crippen LogP contribution in [0.15, 0.2) is 11.6 Å². The molecule has 114 valence electrons. The van der Waals surface area contributed by atoms with Crippen molar-refractivity contribution >= 4 is 17.9 Å². The van der Waals surface area contributed by atoms with E-state index >= 15 is 0 Å². The van der Waals surface area contributed by atoms with Gasteiger partial charge in [-0.1, -0.05) is 5.57 Å². The zero-order valence-corrected chi connectivity index (χ0v) is 12.5. The summed E-state index contributed by atoms with van der Waals surface area (Å²) in [6.45, 7) is 3.50. The number of rotatable bonds is 2. The maximum absolute atomic E-state index is 12.4. The lowest BCUT2D eigenvalue weighted by molar-refractivity contribution is -0.340. The molecule has 0 amide bonds. The fraction of sp³-hybridized carbons (Fsp3) is 0.667. The van der Waals surface area contributed by atoms with E-state index in [1.165, 1.54) is 20.3 Å². The Morgan fingerprint density at radius 3 is 2.33 bits per heavy atom. The van der Waals surface area contributed by atoms with E-state index in [0.29, 0.717) is 12.8 Å². The first kappa shape index (κ1) is 14.1. The number of hydrogen-bond donors (Lipinski definition) is 0. The van der Waals surface area contributed by atoms with E-state index in [9.17, 15) is 14.4 Å². The summed E-state index contributed by atoms with van der Waals surface area (Å²) in [5, 5.41) is 0. The van der Waals surface area contributed by atoms with Gasteiger partial charge in [0.25, 0.3) is 0 Å². The van der Waals surface area contributed by atoms with Crippen LogP contribution in [0.2, 0.25) is 0 Å². The van der Waals surface area contributed by atoms with Crippen molar-refractivity contribution in [1.82, 2.24) is 0 Å². The second-order valence-corrected chi connectivity index (χ2v) is 6.21. The molecule has 0 aromatic heterocycles. The van der Waals surface area contributed by atoms with Crippen LogP contribution in [0.4, 0.5) is 0 Å².